The zero-order valence-electron chi connectivity index (χ0n) is 32.8. The predicted octanol–water partition coefficient (Wildman–Crippen LogP) is 7.81. The standard InChI is InChI=1S/C42H70N2O5/c1-27(2)28-13-18-42(32(45)26-44-23-21-43(10)22-24-44)20-19-40(8)29(35(28)42)11-12-31-39(7)16-15-33(49-34(46)25-37(3,4)36(47)48)38(5,6)30(39)14-17-41(31,40)9/h27,29-33,45H,11-26H2,1-10H3,(H,47,48)/t29-,30+,31-,32-,33+,39+,40-,41-,42-/m1/s1. The molecule has 0 spiro atoms. The number of allylic oxidation sites excluding steroid dienone is 1. The third-order valence-corrected chi connectivity index (χ3v) is 16.8. The van der Waals surface area contributed by atoms with Crippen molar-refractivity contribution < 1.29 is 24.5 Å². The Balaban J connectivity index is 1.26. The Morgan fingerprint density at radius 2 is 1.55 bits per heavy atom. The monoisotopic (exact) mass is 683 g/mol. The molecule has 6 rings (SSSR count). The molecule has 0 bridgehead atoms. The fourth-order valence-corrected chi connectivity index (χ4v) is 13.5. The highest BCUT2D eigenvalue weighted by Crippen LogP contribution is 2.77. The van der Waals surface area contributed by atoms with E-state index >= 15 is 0 Å². The Labute approximate surface area is 298 Å². The number of aliphatic hydroxyl groups is 1. The lowest BCUT2D eigenvalue weighted by Gasteiger charge is -2.72. The van der Waals surface area contributed by atoms with E-state index in [4.69, 9.17) is 4.74 Å². The third kappa shape index (κ3) is 5.77. The summed E-state index contributed by atoms with van der Waals surface area (Å²) in [7, 11) is 2.21. The van der Waals surface area contributed by atoms with Gasteiger partial charge in [0.15, 0.2) is 0 Å². The molecule has 1 saturated heterocycles. The molecule has 6 aliphatic rings. The van der Waals surface area contributed by atoms with E-state index in [1.807, 2.05) is 0 Å². The maximum absolute atomic E-state index is 13.1. The molecule has 1 aliphatic heterocycles. The summed E-state index contributed by atoms with van der Waals surface area (Å²) < 4.78 is 6.19. The van der Waals surface area contributed by atoms with Gasteiger partial charge in [0, 0.05) is 43.6 Å². The zero-order chi connectivity index (χ0) is 35.9. The number of carbonyl (C=O) groups excluding carboxylic acids is 1. The van der Waals surface area contributed by atoms with Crippen LogP contribution in [-0.4, -0.2) is 83.9 Å². The minimum Gasteiger partial charge on any atom is -0.481 e. The molecule has 0 aromatic rings. The van der Waals surface area contributed by atoms with Crippen molar-refractivity contribution in [2.24, 2.45) is 56.2 Å². The van der Waals surface area contributed by atoms with E-state index in [0.717, 1.165) is 71.2 Å². The van der Waals surface area contributed by atoms with E-state index in [-0.39, 0.29) is 51.7 Å². The molecule has 7 nitrogen and oxygen atoms in total. The average molecular weight is 683 g/mol. The molecule has 2 N–H and O–H groups in total. The SMILES string of the molecule is CC(C)C1=C2[C@H]3CC[C@@H]4[C@@]5(C)CC[C@H](OC(=O)CC(C)(C)C(=O)O)C(C)(C)[C@@H]5CC[C@@]4(C)[C@]3(C)CC[C@@]2([C@H](O)CN2CCN(C)CC2)CC1. The molecule has 0 aromatic carbocycles. The maximum Gasteiger partial charge on any atom is 0.309 e. The molecule has 0 amide bonds. The Hall–Kier alpha value is -1.44. The van der Waals surface area contributed by atoms with Crippen LogP contribution in [0, 0.1) is 56.2 Å². The van der Waals surface area contributed by atoms with Crippen LogP contribution in [-0.2, 0) is 14.3 Å². The van der Waals surface area contributed by atoms with Gasteiger partial charge in [-0.05, 0) is 125 Å². The van der Waals surface area contributed by atoms with E-state index < -0.39 is 11.4 Å². The summed E-state index contributed by atoms with van der Waals surface area (Å²) in [6, 6.07) is 0. The lowest BCUT2D eigenvalue weighted by atomic mass is 9.33. The van der Waals surface area contributed by atoms with Crippen LogP contribution in [0.3, 0.4) is 0 Å². The van der Waals surface area contributed by atoms with Crippen LogP contribution in [0.5, 0.6) is 0 Å². The van der Waals surface area contributed by atoms with Gasteiger partial charge >= 0.3 is 11.9 Å². The number of β-amino-alcohol motifs (C(OH)–C–C–N with tert-alkyl or cyclic N) is 1. The van der Waals surface area contributed by atoms with Crippen LogP contribution < -0.4 is 0 Å². The van der Waals surface area contributed by atoms with Gasteiger partial charge in [-0.1, -0.05) is 59.6 Å². The third-order valence-electron chi connectivity index (χ3n) is 16.8. The van der Waals surface area contributed by atoms with Crippen molar-refractivity contribution in [1.29, 1.82) is 0 Å². The highest BCUT2D eigenvalue weighted by molar-refractivity contribution is 5.81. The quantitative estimate of drug-likeness (QED) is 0.199. The summed E-state index contributed by atoms with van der Waals surface area (Å²) in [5.74, 6) is 0.765. The number of nitrogens with zero attached hydrogens (tertiary/aromatic N) is 2. The minimum atomic E-state index is -1.13. The summed E-state index contributed by atoms with van der Waals surface area (Å²) in [4.78, 5) is 29.7. The highest BCUT2D eigenvalue weighted by atomic mass is 16.5. The van der Waals surface area contributed by atoms with Crippen molar-refractivity contribution in [2.75, 3.05) is 39.8 Å². The van der Waals surface area contributed by atoms with E-state index in [1.54, 1.807) is 25.0 Å². The number of fused-ring (bicyclic) bond motifs is 7. The summed E-state index contributed by atoms with van der Waals surface area (Å²) in [5.41, 5.74) is 2.55. The van der Waals surface area contributed by atoms with Gasteiger partial charge in [-0.15, -0.1) is 0 Å². The molecule has 278 valence electrons. The van der Waals surface area contributed by atoms with Crippen molar-refractivity contribution in [1.82, 2.24) is 9.80 Å². The van der Waals surface area contributed by atoms with Crippen molar-refractivity contribution in [3.05, 3.63) is 11.1 Å². The summed E-state index contributed by atoms with van der Waals surface area (Å²) in [6.07, 6.45) is 10.7. The van der Waals surface area contributed by atoms with E-state index in [1.165, 1.54) is 25.7 Å². The van der Waals surface area contributed by atoms with Crippen LogP contribution >= 0.6 is 0 Å². The van der Waals surface area contributed by atoms with Crippen molar-refractivity contribution in [3.8, 4) is 0 Å². The molecule has 5 aliphatic carbocycles. The molecule has 5 fully saturated rings. The molecule has 0 aromatic heterocycles. The minimum absolute atomic E-state index is 0.0729. The predicted molar refractivity (Wildman–Crippen MR) is 195 cm³/mol. The first-order valence-corrected chi connectivity index (χ1v) is 20.0. The van der Waals surface area contributed by atoms with Gasteiger partial charge in [0.2, 0.25) is 0 Å². The average Bonchev–Trinajstić information content (AvgIpc) is 3.41. The molecule has 7 heteroatoms. The normalized spacial score (nSPS) is 41.8. The number of aliphatic hydroxyl groups excluding tert-OH is 1. The summed E-state index contributed by atoms with van der Waals surface area (Å²) in [5, 5.41) is 21.9. The second-order valence-corrected chi connectivity index (χ2v) is 20.2. The van der Waals surface area contributed by atoms with Crippen molar-refractivity contribution in [3.63, 3.8) is 0 Å². The Morgan fingerprint density at radius 1 is 0.878 bits per heavy atom. The van der Waals surface area contributed by atoms with Crippen LogP contribution in [0.2, 0.25) is 0 Å². The molecule has 49 heavy (non-hydrogen) atoms. The first-order valence-electron chi connectivity index (χ1n) is 20.0. The van der Waals surface area contributed by atoms with Gasteiger partial charge in [-0.2, -0.15) is 0 Å². The highest BCUT2D eigenvalue weighted by Gasteiger charge is 2.70. The fraction of sp³-hybridized carbons (Fsp3) is 0.905. The molecule has 1 heterocycles. The number of likely N-dealkylation sites (N-methyl/N-ethyl adjacent to an activating group) is 1. The lowest BCUT2D eigenvalue weighted by molar-refractivity contribution is -0.235. The topological polar surface area (TPSA) is 90.3 Å². The van der Waals surface area contributed by atoms with Gasteiger partial charge < -0.3 is 19.8 Å². The number of aliphatic carboxylic acids is 1. The summed E-state index contributed by atoms with van der Waals surface area (Å²) in [6.45, 7) is 25.6. The van der Waals surface area contributed by atoms with Gasteiger partial charge in [0.05, 0.1) is 17.9 Å². The second-order valence-electron chi connectivity index (χ2n) is 20.2. The first kappa shape index (κ1) is 37.3. The van der Waals surface area contributed by atoms with Crippen LogP contribution in [0.15, 0.2) is 11.1 Å². The number of hydrogen-bond acceptors (Lipinski definition) is 6. The van der Waals surface area contributed by atoms with Crippen LogP contribution in [0.4, 0.5) is 0 Å². The van der Waals surface area contributed by atoms with Gasteiger partial charge in [-0.25, -0.2) is 0 Å². The van der Waals surface area contributed by atoms with Crippen molar-refractivity contribution >= 4 is 11.9 Å². The second kappa shape index (κ2) is 12.6. The van der Waals surface area contributed by atoms with E-state index in [2.05, 4.69) is 65.3 Å². The molecule has 0 unspecified atom stereocenters. The van der Waals surface area contributed by atoms with Gasteiger partial charge in [0.1, 0.15) is 6.10 Å². The van der Waals surface area contributed by atoms with Gasteiger partial charge in [-0.3, -0.25) is 14.5 Å². The number of carboxylic acids is 1. The number of piperazine rings is 1. The van der Waals surface area contributed by atoms with Gasteiger partial charge in [0.25, 0.3) is 0 Å². The number of carboxylic acid groups (broad SMARTS) is 1. The number of rotatable bonds is 8. The van der Waals surface area contributed by atoms with Crippen LogP contribution in [0.1, 0.15) is 133 Å². The van der Waals surface area contributed by atoms with Crippen molar-refractivity contribution in [2.45, 2.75) is 145 Å². The fourth-order valence-electron chi connectivity index (χ4n) is 13.5. The Bertz CT molecular complexity index is 1330. The van der Waals surface area contributed by atoms with E-state index in [9.17, 15) is 19.8 Å². The lowest BCUT2D eigenvalue weighted by Crippen LogP contribution is -2.66. The first-order chi connectivity index (χ1) is 22.7. The Kier molecular flexibility index (Phi) is 9.60. The summed E-state index contributed by atoms with van der Waals surface area (Å²) >= 11 is 0. The largest absolute Gasteiger partial charge is 0.481 e. The molecular formula is C42H70N2O5. The Morgan fingerprint density at radius 3 is 2.18 bits per heavy atom. The maximum atomic E-state index is 13.1. The number of ether oxygens (including phenoxy) is 1. The molecular weight excluding hydrogens is 612 g/mol. The van der Waals surface area contributed by atoms with E-state index in [0.29, 0.717) is 23.7 Å². The molecule has 4 saturated carbocycles. The molecule has 9 atom stereocenters. The number of hydrogen-bond donors (Lipinski definition) is 2. The van der Waals surface area contributed by atoms with Crippen LogP contribution in [0.25, 0.3) is 0 Å². The number of esters is 1. The number of carbonyl (C=O) groups is 2. The molecule has 0 radical (unpaired) electrons. The zero-order valence-corrected chi connectivity index (χ0v) is 32.8. The smallest absolute Gasteiger partial charge is 0.309 e.